The summed E-state index contributed by atoms with van der Waals surface area (Å²) in [5.41, 5.74) is 1.93. The van der Waals surface area contributed by atoms with E-state index in [1.165, 1.54) is 5.56 Å². The molecule has 6 heteroatoms. The molecule has 146 valence electrons. The molecule has 1 aromatic heterocycles. The molecule has 1 aliphatic rings. The summed E-state index contributed by atoms with van der Waals surface area (Å²) in [5, 5.41) is 7.48. The number of carbonyl (C=O) groups excluding carboxylic acids is 1. The highest BCUT2D eigenvalue weighted by atomic mass is 16.5. The average Bonchev–Trinajstić information content (AvgIpc) is 3.14. The van der Waals surface area contributed by atoms with Gasteiger partial charge >= 0.3 is 0 Å². The van der Waals surface area contributed by atoms with E-state index in [4.69, 9.17) is 4.74 Å². The van der Waals surface area contributed by atoms with Gasteiger partial charge in [-0.15, -0.1) is 0 Å². The number of ether oxygens (including phenoxy) is 1. The third-order valence-electron chi connectivity index (χ3n) is 5.29. The van der Waals surface area contributed by atoms with E-state index in [0.29, 0.717) is 25.7 Å². The molecule has 1 saturated heterocycles. The molecule has 6 nitrogen and oxygen atoms in total. The molecule has 1 aliphatic heterocycles. The number of rotatable bonds is 8. The maximum atomic E-state index is 13.1. The fourth-order valence-corrected chi connectivity index (χ4v) is 3.77. The van der Waals surface area contributed by atoms with E-state index in [0.717, 1.165) is 31.6 Å². The molecule has 1 N–H and O–H groups in total. The smallest absolute Gasteiger partial charge is 0.242 e. The standard InChI is InChI=1S/C21H30N4O2/c1-3-18(4-2)20(24-10-12-27-13-11-24)21(26)23-19-14-22-25(16-19)15-17-8-6-5-7-9-17/h5-9,14,16,18,20H,3-4,10-13,15H2,1-2H3,(H,23,26)/t20-/m1/s1. The quantitative estimate of drug-likeness (QED) is 0.776. The second-order valence-corrected chi connectivity index (χ2v) is 7.07. The second-order valence-electron chi connectivity index (χ2n) is 7.07. The molecule has 27 heavy (non-hydrogen) atoms. The van der Waals surface area contributed by atoms with Gasteiger partial charge in [-0.25, -0.2) is 0 Å². The van der Waals surface area contributed by atoms with Crippen LogP contribution in [0.25, 0.3) is 0 Å². The minimum absolute atomic E-state index is 0.0601. The van der Waals surface area contributed by atoms with Gasteiger partial charge in [0.25, 0.3) is 0 Å². The van der Waals surface area contributed by atoms with E-state index in [1.54, 1.807) is 6.20 Å². The SMILES string of the molecule is CCC(CC)[C@H](C(=O)Nc1cnn(Cc2ccccc2)c1)N1CCOCC1. The number of benzene rings is 1. The molecule has 0 saturated carbocycles. The van der Waals surface area contributed by atoms with E-state index in [-0.39, 0.29) is 11.9 Å². The summed E-state index contributed by atoms with van der Waals surface area (Å²) < 4.78 is 7.32. The molecule has 0 spiro atoms. The normalized spacial score (nSPS) is 16.4. The Morgan fingerprint density at radius 1 is 1.19 bits per heavy atom. The molecular formula is C21H30N4O2. The summed E-state index contributed by atoms with van der Waals surface area (Å²) in [5.74, 6) is 0.396. The largest absolute Gasteiger partial charge is 0.379 e. The number of nitrogens with zero attached hydrogens (tertiary/aromatic N) is 3. The Balaban J connectivity index is 1.67. The van der Waals surface area contributed by atoms with Crippen molar-refractivity contribution in [3.8, 4) is 0 Å². The van der Waals surface area contributed by atoms with Gasteiger partial charge in [-0.2, -0.15) is 5.10 Å². The minimum atomic E-state index is -0.124. The van der Waals surface area contributed by atoms with Crippen molar-refractivity contribution in [3.05, 3.63) is 48.3 Å². The predicted octanol–water partition coefficient (Wildman–Crippen LogP) is 3.01. The lowest BCUT2D eigenvalue weighted by Crippen LogP contribution is -2.52. The number of morpholine rings is 1. The van der Waals surface area contributed by atoms with Crippen LogP contribution in [0.5, 0.6) is 0 Å². The van der Waals surface area contributed by atoms with E-state index < -0.39 is 0 Å². The number of nitrogens with one attached hydrogen (secondary N) is 1. The van der Waals surface area contributed by atoms with Gasteiger partial charge in [0.05, 0.1) is 37.7 Å². The van der Waals surface area contributed by atoms with Crippen LogP contribution in [0.2, 0.25) is 0 Å². The zero-order valence-electron chi connectivity index (χ0n) is 16.3. The highest BCUT2D eigenvalue weighted by Gasteiger charge is 2.33. The number of amides is 1. The van der Waals surface area contributed by atoms with Crippen LogP contribution in [-0.2, 0) is 16.1 Å². The van der Waals surface area contributed by atoms with Crippen molar-refractivity contribution in [3.63, 3.8) is 0 Å². The first kappa shape index (κ1) is 19.6. The Labute approximate surface area is 161 Å². The average molecular weight is 370 g/mol. The lowest BCUT2D eigenvalue weighted by atomic mass is 9.91. The van der Waals surface area contributed by atoms with Crippen molar-refractivity contribution in [2.24, 2.45) is 5.92 Å². The minimum Gasteiger partial charge on any atom is -0.379 e. The van der Waals surface area contributed by atoms with Crippen LogP contribution >= 0.6 is 0 Å². The van der Waals surface area contributed by atoms with Crippen molar-refractivity contribution < 1.29 is 9.53 Å². The van der Waals surface area contributed by atoms with Crippen LogP contribution in [0.15, 0.2) is 42.7 Å². The highest BCUT2D eigenvalue weighted by molar-refractivity contribution is 5.94. The number of hydrogen-bond acceptors (Lipinski definition) is 4. The van der Waals surface area contributed by atoms with E-state index in [9.17, 15) is 4.79 Å². The lowest BCUT2D eigenvalue weighted by molar-refractivity contribution is -0.125. The number of carbonyl (C=O) groups is 1. The first-order valence-electron chi connectivity index (χ1n) is 9.90. The van der Waals surface area contributed by atoms with Gasteiger partial charge in [0.1, 0.15) is 0 Å². The van der Waals surface area contributed by atoms with Gasteiger partial charge in [-0.05, 0) is 11.5 Å². The summed E-state index contributed by atoms with van der Waals surface area (Å²) in [6, 6.07) is 10.1. The maximum absolute atomic E-state index is 13.1. The van der Waals surface area contributed by atoms with Crippen molar-refractivity contribution in [2.75, 3.05) is 31.6 Å². The zero-order chi connectivity index (χ0) is 19.1. The van der Waals surface area contributed by atoms with Crippen LogP contribution in [-0.4, -0.2) is 52.9 Å². The first-order chi connectivity index (χ1) is 13.2. The molecule has 0 bridgehead atoms. The van der Waals surface area contributed by atoms with Gasteiger partial charge in [0, 0.05) is 19.3 Å². The van der Waals surface area contributed by atoms with Crippen LogP contribution in [0.1, 0.15) is 32.3 Å². The monoisotopic (exact) mass is 370 g/mol. The Kier molecular flexibility index (Phi) is 7.01. The molecule has 3 rings (SSSR count). The first-order valence-corrected chi connectivity index (χ1v) is 9.90. The Morgan fingerprint density at radius 2 is 1.89 bits per heavy atom. The topological polar surface area (TPSA) is 59.4 Å². The molecule has 1 fully saturated rings. The van der Waals surface area contributed by atoms with Crippen molar-refractivity contribution in [1.82, 2.24) is 14.7 Å². The molecule has 0 radical (unpaired) electrons. The van der Waals surface area contributed by atoms with E-state index in [1.807, 2.05) is 29.1 Å². The number of hydrogen-bond donors (Lipinski definition) is 1. The van der Waals surface area contributed by atoms with Gasteiger partial charge < -0.3 is 10.1 Å². The fourth-order valence-electron chi connectivity index (χ4n) is 3.77. The zero-order valence-corrected chi connectivity index (χ0v) is 16.3. The molecule has 0 unspecified atom stereocenters. The lowest BCUT2D eigenvalue weighted by Gasteiger charge is -2.37. The van der Waals surface area contributed by atoms with Crippen LogP contribution in [0.4, 0.5) is 5.69 Å². The van der Waals surface area contributed by atoms with Crippen LogP contribution < -0.4 is 5.32 Å². The summed E-state index contributed by atoms with van der Waals surface area (Å²) in [4.78, 5) is 15.4. The Morgan fingerprint density at radius 3 is 2.56 bits per heavy atom. The summed E-state index contributed by atoms with van der Waals surface area (Å²) >= 11 is 0. The molecule has 0 aliphatic carbocycles. The van der Waals surface area contributed by atoms with Gasteiger partial charge in [0.15, 0.2) is 0 Å². The third-order valence-corrected chi connectivity index (χ3v) is 5.29. The Bertz CT molecular complexity index is 706. The van der Waals surface area contributed by atoms with Gasteiger partial charge in [-0.1, -0.05) is 57.0 Å². The van der Waals surface area contributed by atoms with E-state index >= 15 is 0 Å². The van der Waals surface area contributed by atoms with E-state index in [2.05, 4.69) is 41.3 Å². The molecule has 1 atom stereocenters. The Hall–Kier alpha value is -2.18. The van der Waals surface area contributed by atoms with Crippen LogP contribution in [0.3, 0.4) is 0 Å². The number of anilines is 1. The predicted molar refractivity (Wildman–Crippen MR) is 107 cm³/mol. The van der Waals surface area contributed by atoms with Crippen molar-refractivity contribution in [1.29, 1.82) is 0 Å². The fraction of sp³-hybridized carbons (Fsp3) is 0.524. The molecule has 1 aromatic carbocycles. The molecule has 2 heterocycles. The molecular weight excluding hydrogens is 340 g/mol. The van der Waals surface area contributed by atoms with Crippen LogP contribution in [0, 0.1) is 5.92 Å². The van der Waals surface area contributed by atoms with Crippen molar-refractivity contribution in [2.45, 2.75) is 39.3 Å². The molecule has 2 aromatic rings. The summed E-state index contributed by atoms with van der Waals surface area (Å²) in [6.45, 7) is 8.01. The van der Waals surface area contributed by atoms with Gasteiger partial charge in [0.2, 0.25) is 5.91 Å². The molecule has 1 amide bonds. The summed E-state index contributed by atoms with van der Waals surface area (Å²) in [7, 11) is 0. The summed E-state index contributed by atoms with van der Waals surface area (Å²) in [6.07, 6.45) is 5.59. The van der Waals surface area contributed by atoms with Crippen molar-refractivity contribution >= 4 is 11.6 Å². The number of aromatic nitrogens is 2. The highest BCUT2D eigenvalue weighted by Crippen LogP contribution is 2.22. The second kappa shape index (κ2) is 9.67. The maximum Gasteiger partial charge on any atom is 0.242 e. The van der Waals surface area contributed by atoms with Gasteiger partial charge in [-0.3, -0.25) is 14.4 Å². The third kappa shape index (κ3) is 5.17.